The van der Waals surface area contributed by atoms with Crippen molar-refractivity contribution >= 4 is 51.0 Å². The van der Waals surface area contributed by atoms with Crippen LogP contribution in [0.5, 0.6) is 5.75 Å². The minimum Gasteiger partial charge on any atom is -0.494 e. The smallest absolute Gasteiger partial charge is 0.363 e. The molecule has 1 aliphatic rings. The molecule has 26 heavy (non-hydrogen) atoms. The minimum atomic E-state index is -0.484. The number of hydrogen-bond acceptors (Lipinski definition) is 5. The molecule has 0 N–H and O–H groups in total. The maximum absolute atomic E-state index is 12.2. The quantitative estimate of drug-likeness (QED) is 0.453. The predicted octanol–water partition coefficient (Wildman–Crippen LogP) is 5.30. The van der Waals surface area contributed by atoms with E-state index in [4.69, 9.17) is 21.1 Å². The largest absolute Gasteiger partial charge is 0.494 e. The molecule has 2 heterocycles. The van der Waals surface area contributed by atoms with E-state index < -0.39 is 5.97 Å². The lowest BCUT2D eigenvalue weighted by Crippen LogP contribution is -2.04. The van der Waals surface area contributed by atoms with E-state index in [1.807, 2.05) is 55.5 Å². The molecule has 1 aromatic heterocycles. The first-order valence-electron chi connectivity index (χ1n) is 8.08. The zero-order valence-electron chi connectivity index (χ0n) is 13.9. The van der Waals surface area contributed by atoms with Gasteiger partial charge in [0.1, 0.15) is 10.6 Å². The van der Waals surface area contributed by atoms with Crippen molar-refractivity contribution in [2.45, 2.75) is 6.92 Å². The van der Waals surface area contributed by atoms with Crippen molar-refractivity contribution in [3.63, 3.8) is 0 Å². The van der Waals surface area contributed by atoms with Crippen molar-refractivity contribution in [3.8, 4) is 5.75 Å². The Kier molecular flexibility index (Phi) is 4.49. The standard InChI is InChI=1S/C20H14ClNO3S/c1-2-24-13-9-7-12(8-10-13)11-15-20(23)25-19(22-15)18-17(21)14-5-3-4-6-16(14)26-18/h3-11H,2H2,1H3/b15-11-. The fraction of sp³-hybridized carbons (Fsp3) is 0.100. The number of fused-ring (bicyclic) bond motifs is 1. The lowest BCUT2D eigenvalue weighted by atomic mass is 10.2. The van der Waals surface area contributed by atoms with Gasteiger partial charge in [0.15, 0.2) is 5.70 Å². The molecule has 3 aromatic rings. The molecule has 4 rings (SSSR count). The number of esters is 1. The van der Waals surface area contributed by atoms with Gasteiger partial charge in [0, 0.05) is 10.1 Å². The summed E-state index contributed by atoms with van der Waals surface area (Å²) >= 11 is 7.90. The van der Waals surface area contributed by atoms with Crippen LogP contribution >= 0.6 is 22.9 Å². The summed E-state index contributed by atoms with van der Waals surface area (Å²) in [6, 6.07) is 15.2. The molecule has 4 nitrogen and oxygen atoms in total. The number of rotatable bonds is 4. The molecule has 0 atom stereocenters. The van der Waals surface area contributed by atoms with Crippen molar-refractivity contribution in [1.29, 1.82) is 0 Å². The van der Waals surface area contributed by atoms with E-state index in [1.165, 1.54) is 11.3 Å². The minimum absolute atomic E-state index is 0.248. The van der Waals surface area contributed by atoms with E-state index in [9.17, 15) is 4.79 Å². The molecule has 130 valence electrons. The SMILES string of the molecule is CCOc1ccc(/C=C2\N=C(c3sc4ccccc4c3Cl)OC2=O)cc1. The summed E-state index contributed by atoms with van der Waals surface area (Å²) in [5, 5.41) is 1.48. The van der Waals surface area contributed by atoms with Gasteiger partial charge in [-0.25, -0.2) is 9.79 Å². The molecular formula is C20H14ClNO3S. The van der Waals surface area contributed by atoms with Gasteiger partial charge in [0.2, 0.25) is 5.90 Å². The molecule has 0 amide bonds. The number of aliphatic imine (C=N–C) groups is 1. The van der Waals surface area contributed by atoms with Gasteiger partial charge in [-0.3, -0.25) is 0 Å². The molecule has 0 bridgehead atoms. The first kappa shape index (κ1) is 16.8. The summed E-state index contributed by atoms with van der Waals surface area (Å²) in [6.07, 6.45) is 1.69. The van der Waals surface area contributed by atoms with Crippen LogP contribution in [0.4, 0.5) is 0 Å². The summed E-state index contributed by atoms with van der Waals surface area (Å²) in [6.45, 7) is 2.54. The second-order valence-corrected chi connectivity index (χ2v) is 7.01. The summed E-state index contributed by atoms with van der Waals surface area (Å²) in [7, 11) is 0. The summed E-state index contributed by atoms with van der Waals surface area (Å²) in [5.74, 6) is 0.547. The topological polar surface area (TPSA) is 47.9 Å². The van der Waals surface area contributed by atoms with Crippen molar-refractivity contribution in [2.75, 3.05) is 6.61 Å². The van der Waals surface area contributed by atoms with Crippen LogP contribution in [0.15, 0.2) is 59.2 Å². The van der Waals surface area contributed by atoms with Crippen LogP contribution in [-0.2, 0) is 9.53 Å². The lowest BCUT2D eigenvalue weighted by Gasteiger charge is -2.02. The Morgan fingerprint density at radius 3 is 2.69 bits per heavy atom. The van der Waals surface area contributed by atoms with Gasteiger partial charge in [0.05, 0.1) is 11.6 Å². The third-order valence-corrected chi connectivity index (χ3v) is 5.51. The second kappa shape index (κ2) is 6.94. The van der Waals surface area contributed by atoms with Gasteiger partial charge in [-0.05, 0) is 36.8 Å². The molecule has 6 heteroatoms. The summed E-state index contributed by atoms with van der Waals surface area (Å²) in [5.41, 5.74) is 1.09. The van der Waals surface area contributed by atoms with E-state index in [0.29, 0.717) is 16.5 Å². The Morgan fingerprint density at radius 2 is 1.96 bits per heavy atom. The van der Waals surface area contributed by atoms with Gasteiger partial charge < -0.3 is 9.47 Å². The Balaban J connectivity index is 1.67. The normalized spacial score (nSPS) is 15.4. The zero-order chi connectivity index (χ0) is 18.1. The number of carbonyl (C=O) groups is 1. The zero-order valence-corrected chi connectivity index (χ0v) is 15.4. The number of benzene rings is 2. The van der Waals surface area contributed by atoms with E-state index >= 15 is 0 Å². The van der Waals surface area contributed by atoms with Crippen LogP contribution in [0.2, 0.25) is 5.02 Å². The molecule has 0 aliphatic carbocycles. The van der Waals surface area contributed by atoms with E-state index in [0.717, 1.165) is 21.4 Å². The van der Waals surface area contributed by atoms with Gasteiger partial charge in [-0.15, -0.1) is 11.3 Å². The third-order valence-electron chi connectivity index (χ3n) is 3.84. The van der Waals surface area contributed by atoms with E-state index in [2.05, 4.69) is 4.99 Å². The van der Waals surface area contributed by atoms with Crippen LogP contribution in [0.25, 0.3) is 16.2 Å². The highest BCUT2D eigenvalue weighted by molar-refractivity contribution is 7.21. The first-order valence-corrected chi connectivity index (χ1v) is 9.28. The van der Waals surface area contributed by atoms with Crippen LogP contribution in [0.3, 0.4) is 0 Å². The molecule has 1 aliphatic heterocycles. The molecule has 0 spiro atoms. The fourth-order valence-electron chi connectivity index (χ4n) is 2.64. The first-order chi connectivity index (χ1) is 12.7. The van der Waals surface area contributed by atoms with Crippen LogP contribution in [0.1, 0.15) is 17.4 Å². The molecule has 0 unspecified atom stereocenters. The van der Waals surface area contributed by atoms with Crippen molar-refractivity contribution in [2.24, 2.45) is 4.99 Å². The van der Waals surface area contributed by atoms with E-state index in [-0.39, 0.29) is 11.6 Å². The molecule has 0 radical (unpaired) electrons. The maximum atomic E-state index is 12.2. The van der Waals surface area contributed by atoms with Gasteiger partial charge in [-0.1, -0.05) is 41.9 Å². The number of thiophene rings is 1. The molecule has 2 aromatic carbocycles. The second-order valence-electron chi connectivity index (χ2n) is 5.58. The number of nitrogens with zero attached hydrogens (tertiary/aromatic N) is 1. The molecular weight excluding hydrogens is 370 g/mol. The monoisotopic (exact) mass is 383 g/mol. The average Bonchev–Trinajstić information content (AvgIpc) is 3.18. The predicted molar refractivity (Wildman–Crippen MR) is 105 cm³/mol. The number of carbonyl (C=O) groups excluding carboxylic acids is 1. The van der Waals surface area contributed by atoms with Gasteiger partial charge in [-0.2, -0.15) is 0 Å². The third kappa shape index (κ3) is 3.11. The highest BCUT2D eigenvalue weighted by atomic mass is 35.5. The van der Waals surface area contributed by atoms with E-state index in [1.54, 1.807) is 6.08 Å². The Labute approximate surface area is 159 Å². The summed E-state index contributed by atoms with van der Waals surface area (Å²) in [4.78, 5) is 17.2. The van der Waals surface area contributed by atoms with Gasteiger partial charge >= 0.3 is 5.97 Å². The Hall–Kier alpha value is -2.63. The number of hydrogen-bond donors (Lipinski definition) is 0. The highest BCUT2D eigenvalue weighted by Gasteiger charge is 2.27. The number of ether oxygens (including phenoxy) is 2. The maximum Gasteiger partial charge on any atom is 0.363 e. The Morgan fingerprint density at radius 1 is 1.19 bits per heavy atom. The number of cyclic esters (lactones) is 1. The average molecular weight is 384 g/mol. The fourth-order valence-corrected chi connectivity index (χ4v) is 4.08. The van der Waals surface area contributed by atoms with Crippen molar-refractivity contribution in [3.05, 3.63) is 69.7 Å². The Bertz CT molecular complexity index is 1050. The highest BCUT2D eigenvalue weighted by Crippen LogP contribution is 2.37. The van der Waals surface area contributed by atoms with Gasteiger partial charge in [0.25, 0.3) is 0 Å². The lowest BCUT2D eigenvalue weighted by molar-refractivity contribution is -0.129. The summed E-state index contributed by atoms with van der Waals surface area (Å²) < 4.78 is 11.8. The number of halogens is 1. The van der Waals surface area contributed by atoms with Crippen LogP contribution < -0.4 is 4.74 Å². The van der Waals surface area contributed by atoms with Crippen molar-refractivity contribution < 1.29 is 14.3 Å². The molecule has 0 fully saturated rings. The van der Waals surface area contributed by atoms with Crippen LogP contribution in [-0.4, -0.2) is 18.5 Å². The molecule has 0 saturated heterocycles. The molecule has 0 saturated carbocycles. The van der Waals surface area contributed by atoms with Crippen LogP contribution in [0, 0.1) is 0 Å². The van der Waals surface area contributed by atoms with Crippen molar-refractivity contribution in [1.82, 2.24) is 0 Å².